The van der Waals surface area contributed by atoms with Crippen LogP contribution in [0, 0.1) is 0 Å². The van der Waals surface area contributed by atoms with Crippen LogP contribution < -0.4 is 15.8 Å². The molecule has 1 saturated carbocycles. The van der Waals surface area contributed by atoms with Crippen molar-refractivity contribution >= 4 is 23.3 Å². The first-order chi connectivity index (χ1) is 14.2. The molecule has 0 aromatic heterocycles. The second-order valence-corrected chi connectivity index (χ2v) is 8.73. The highest BCUT2D eigenvalue weighted by molar-refractivity contribution is 5.92. The number of carbonyl (C=O) groups is 2. The lowest BCUT2D eigenvalue weighted by atomic mass is 9.87. The van der Waals surface area contributed by atoms with Gasteiger partial charge < -0.3 is 20.5 Å². The Labute approximate surface area is 177 Å². The maximum atomic E-state index is 12.3. The lowest BCUT2D eigenvalue weighted by molar-refractivity contribution is -0.118. The molecule has 0 atom stereocenters. The highest BCUT2D eigenvalue weighted by Crippen LogP contribution is 2.26. The first-order valence-electron chi connectivity index (χ1n) is 10.4. The van der Waals surface area contributed by atoms with Crippen molar-refractivity contribution in [2.75, 3.05) is 17.7 Å². The molecular weight excluding hydrogens is 380 g/mol. The van der Waals surface area contributed by atoms with Crippen molar-refractivity contribution in [1.82, 2.24) is 0 Å². The van der Waals surface area contributed by atoms with E-state index in [1.54, 1.807) is 12.1 Å². The standard InChI is InChI=1S/C24H30N2O4/c1-24(2,3)17-9-11-18(12-10-17)26-22(27)15-29-21-14-16(8-13-20(21)25)23(28)30-19-6-4-5-7-19/h8-14,19H,4-7,15,25H2,1-3H3,(H,26,27). The molecule has 0 bridgehead atoms. The molecule has 2 aromatic carbocycles. The molecule has 1 aliphatic carbocycles. The molecule has 1 amide bonds. The summed E-state index contributed by atoms with van der Waals surface area (Å²) in [5.41, 5.74) is 8.59. The molecule has 1 fully saturated rings. The zero-order valence-corrected chi connectivity index (χ0v) is 17.9. The van der Waals surface area contributed by atoms with E-state index in [1.165, 1.54) is 11.6 Å². The molecule has 0 saturated heterocycles. The van der Waals surface area contributed by atoms with Crippen LogP contribution in [0.4, 0.5) is 11.4 Å². The number of carbonyl (C=O) groups excluding carboxylic acids is 2. The number of anilines is 2. The number of nitrogens with one attached hydrogen (secondary N) is 1. The first-order valence-corrected chi connectivity index (χ1v) is 10.4. The summed E-state index contributed by atoms with van der Waals surface area (Å²) in [4.78, 5) is 24.6. The van der Waals surface area contributed by atoms with Gasteiger partial charge in [0, 0.05) is 5.69 Å². The number of rotatable bonds is 6. The van der Waals surface area contributed by atoms with E-state index in [1.807, 2.05) is 24.3 Å². The largest absolute Gasteiger partial charge is 0.482 e. The van der Waals surface area contributed by atoms with Gasteiger partial charge in [0.2, 0.25) is 0 Å². The summed E-state index contributed by atoms with van der Waals surface area (Å²) < 4.78 is 11.1. The normalized spacial score (nSPS) is 14.4. The summed E-state index contributed by atoms with van der Waals surface area (Å²) in [5.74, 6) is -0.416. The van der Waals surface area contributed by atoms with Crippen molar-refractivity contribution in [2.45, 2.75) is 58.0 Å². The Hall–Kier alpha value is -3.02. The van der Waals surface area contributed by atoms with Crippen LogP contribution >= 0.6 is 0 Å². The Morgan fingerprint density at radius 3 is 2.37 bits per heavy atom. The van der Waals surface area contributed by atoms with Gasteiger partial charge in [0.15, 0.2) is 6.61 Å². The van der Waals surface area contributed by atoms with Crippen molar-refractivity contribution in [3.63, 3.8) is 0 Å². The molecule has 0 spiro atoms. The molecule has 0 radical (unpaired) electrons. The molecule has 3 rings (SSSR count). The van der Waals surface area contributed by atoms with Gasteiger partial charge in [-0.2, -0.15) is 0 Å². The van der Waals surface area contributed by atoms with Crippen molar-refractivity contribution in [3.05, 3.63) is 53.6 Å². The number of nitrogens with two attached hydrogens (primary N) is 1. The van der Waals surface area contributed by atoms with Crippen LogP contribution in [0.15, 0.2) is 42.5 Å². The number of amides is 1. The minimum Gasteiger partial charge on any atom is -0.482 e. The third-order valence-corrected chi connectivity index (χ3v) is 5.22. The van der Waals surface area contributed by atoms with E-state index in [9.17, 15) is 9.59 Å². The molecule has 2 aromatic rings. The quantitative estimate of drug-likeness (QED) is 0.533. The Morgan fingerprint density at radius 1 is 1.07 bits per heavy atom. The van der Waals surface area contributed by atoms with E-state index in [0.29, 0.717) is 16.9 Å². The van der Waals surface area contributed by atoms with E-state index in [-0.39, 0.29) is 29.8 Å². The van der Waals surface area contributed by atoms with Crippen LogP contribution in [0.5, 0.6) is 5.75 Å². The summed E-state index contributed by atoms with van der Waals surface area (Å²) in [6.07, 6.45) is 3.96. The van der Waals surface area contributed by atoms with Gasteiger partial charge in [-0.05, 0) is 67.0 Å². The maximum Gasteiger partial charge on any atom is 0.338 e. The smallest absolute Gasteiger partial charge is 0.338 e. The molecule has 6 nitrogen and oxygen atoms in total. The van der Waals surface area contributed by atoms with Gasteiger partial charge in [0.25, 0.3) is 5.91 Å². The van der Waals surface area contributed by atoms with Crippen molar-refractivity contribution in [2.24, 2.45) is 0 Å². The fourth-order valence-electron chi connectivity index (χ4n) is 3.41. The summed E-state index contributed by atoms with van der Waals surface area (Å²) in [7, 11) is 0. The van der Waals surface area contributed by atoms with Gasteiger partial charge in [0.1, 0.15) is 11.9 Å². The predicted molar refractivity (Wildman–Crippen MR) is 118 cm³/mol. The second kappa shape index (κ2) is 9.20. The van der Waals surface area contributed by atoms with Gasteiger partial charge in [-0.15, -0.1) is 0 Å². The molecule has 0 unspecified atom stereocenters. The van der Waals surface area contributed by atoms with E-state index in [0.717, 1.165) is 25.7 Å². The Balaban J connectivity index is 1.56. The zero-order valence-electron chi connectivity index (χ0n) is 17.9. The number of ether oxygens (including phenoxy) is 2. The minimum absolute atomic E-state index is 0.0186. The molecule has 160 valence electrons. The molecule has 30 heavy (non-hydrogen) atoms. The number of nitrogen functional groups attached to an aromatic ring is 1. The topological polar surface area (TPSA) is 90.6 Å². The number of hydrogen-bond acceptors (Lipinski definition) is 5. The predicted octanol–water partition coefficient (Wildman–Crippen LogP) is 4.68. The van der Waals surface area contributed by atoms with Gasteiger partial charge in [-0.1, -0.05) is 32.9 Å². The average Bonchev–Trinajstić information content (AvgIpc) is 3.20. The fraction of sp³-hybridized carbons (Fsp3) is 0.417. The molecule has 6 heteroatoms. The highest BCUT2D eigenvalue weighted by Gasteiger charge is 2.21. The minimum atomic E-state index is -0.393. The second-order valence-electron chi connectivity index (χ2n) is 8.73. The van der Waals surface area contributed by atoms with Gasteiger partial charge >= 0.3 is 5.97 Å². The van der Waals surface area contributed by atoms with Crippen LogP contribution in [0.2, 0.25) is 0 Å². The summed E-state index contributed by atoms with van der Waals surface area (Å²) in [5, 5.41) is 2.80. The fourth-order valence-corrected chi connectivity index (χ4v) is 3.41. The van der Waals surface area contributed by atoms with Crippen LogP contribution in [-0.4, -0.2) is 24.6 Å². The van der Waals surface area contributed by atoms with Crippen LogP contribution in [-0.2, 0) is 14.9 Å². The first kappa shape index (κ1) is 21.7. The monoisotopic (exact) mass is 410 g/mol. The third kappa shape index (κ3) is 5.75. The lowest BCUT2D eigenvalue weighted by Gasteiger charge is -2.19. The van der Waals surface area contributed by atoms with E-state index >= 15 is 0 Å². The summed E-state index contributed by atoms with van der Waals surface area (Å²) >= 11 is 0. The van der Waals surface area contributed by atoms with Crippen LogP contribution in [0.3, 0.4) is 0 Å². The zero-order chi connectivity index (χ0) is 21.7. The highest BCUT2D eigenvalue weighted by atomic mass is 16.5. The average molecular weight is 411 g/mol. The van der Waals surface area contributed by atoms with Gasteiger partial charge in [0.05, 0.1) is 11.3 Å². The number of esters is 1. The molecular formula is C24H30N2O4. The maximum absolute atomic E-state index is 12.3. The summed E-state index contributed by atoms with van der Waals surface area (Å²) in [6.45, 7) is 6.19. The lowest BCUT2D eigenvalue weighted by Crippen LogP contribution is -2.21. The molecule has 3 N–H and O–H groups in total. The van der Waals surface area contributed by atoms with Crippen molar-refractivity contribution in [3.8, 4) is 5.75 Å². The van der Waals surface area contributed by atoms with Gasteiger partial charge in [-0.25, -0.2) is 4.79 Å². The Kier molecular flexibility index (Phi) is 6.65. The van der Waals surface area contributed by atoms with Gasteiger partial charge in [-0.3, -0.25) is 4.79 Å². The third-order valence-electron chi connectivity index (χ3n) is 5.22. The Morgan fingerprint density at radius 2 is 1.73 bits per heavy atom. The Bertz CT molecular complexity index is 894. The van der Waals surface area contributed by atoms with Crippen LogP contribution in [0.1, 0.15) is 62.4 Å². The molecule has 1 aliphatic rings. The molecule has 0 aliphatic heterocycles. The van der Waals surface area contributed by atoms with Crippen molar-refractivity contribution < 1.29 is 19.1 Å². The van der Waals surface area contributed by atoms with Crippen molar-refractivity contribution in [1.29, 1.82) is 0 Å². The number of benzene rings is 2. The SMILES string of the molecule is CC(C)(C)c1ccc(NC(=O)COc2cc(C(=O)OC3CCCC3)ccc2N)cc1. The number of hydrogen-bond donors (Lipinski definition) is 2. The summed E-state index contributed by atoms with van der Waals surface area (Å²) in [6, 6.07) is 12.4. The van der Waals surface area contributed by atoms with Crippen LogP contribution in [0.25, 0.3) is 0 Å². The molecule has 0 heterocycles. The van der Waals surface area contributed by atoms with E-state index in [2.05, 4.69) is 26.1 Å². The van der Waals surface area contributed by atoms with E-state index < -0.39 is 5.97 Å². The van der Waals surface area contributed by atoms with E-state index in [4.69, 9.17) is 15.2 Å².